The van der Waals surface area contributed by atoms with Crippen molar-refractivity contribution in [3.8, 4) is 0 Å². The molecular formula is C28H31F2N3O4S. The number of sulfonamides is 1. The highest BCUT2D eigenvalue weighted by molar-refractivity contribution is 7.92. The van der Waals surface area contributed by atoms with Crippen LogP contribution >= 0.6 is 0 Å². The van der Waals surface area contributed by atoms with Crippen molar-refractivity contribution in [1.82, 2.24) is 10.2 Å². The zero-order valence-corrected chi connectivity index (χ0v) is 22.3. The van der Waals surface area contributed by atoms with E-state index >= 15 is 0 Å². The minimum Gasteiger partial charge on any atom is -0.352 e. The Balaban J connectivity index is 2.08. The molecule has 3 aromatic carbocycles. The normalized spacial score (nSPS) is 12.2. The Morgan fingerprint density at radius 1 is 0.868 bits per heavy atom. The second-order valence-electron chi connectivity index (χ2n) is 9.20. The molecule has 0 aliphatic rings. The number of halogens is 2. The number of hydrogen-bond donors (Lipinski definition) is 1. The lowest BCUT2D eigenvalue weighted by atomic mass is 10.0. The van der Waals surface area contributed by atoms with Crippen molar-refractivity contribution in [2.24, 2.45) is 0 Å². The van der Waals surface area contributed by atoms with Crippen LogP contribution in [0.2, 0.25) is 0 Å². The fraction of sp³-hybridized carbons (Fsp3) is 0.286. The second-order valence-corrected chi connectivity index (χ2v) is 11.1. The first kappa shape index (κ1) is 28.8. The minimum atomic E-state index is -4.10. The van der Waals surface area contributed by atoms with Gasteiger partial charge in [0.15, 0.2) is 0 Å². The van der Waals surface area contributed by atoms with Crippen molar-refractivity contribution < 1.29 is 26.8 Å². The molecule has 10 heteroatoms. The molecule has 1 N–H and O–H groups in total. The standard InChI is InChI=1S/C28H31F2N3O4S/c1-20(2)31-28(35)26(17-21-11-5-4-6-12-21)32(18-22-13-7-8-14-23(22)29)27(34)19-33(38(3,36)37)25-16-10-9-15-24(25)30/h4-16,20,26H,17-19H2,1-3H3,(H,31,35)/t26-/m1/s1. The van der Waals surface area contributed by atoms with Crippen LogP contribution < -0.4 is 9.62 Å². The Labute approximate surface area is 222 Å². The van der Waals surface area contributed by atoms with Gasteiger partial charge in [-0.2, -0.15) is 0 Å². The van der Waals surface area contributed by atoms with E-state index in [2.05, 4.69) is 5.32 Å². The molecule has 0 saturated carbocycles. The molecule has 7 nitrogen and oxygen atoms in total. The number of rotatable bonds is 11. The number of nitrogens with one attached hydrogen (secondary N) is 1. The molecule has 0 aliphatic carbocycles. The first-order chi connectivity index (χ1) is 18.0. The lowest BCUT2D eigenvalue weighted by molar-refractivity contribution is -0.140. The number of para-hydroxylation sites is 1. The summed E-state index contributed by atoms with van der Waals surface area (Å²) in [7, 11) is -4.10. The maximum atomic E-state index is 14.7. The van der Waals surface area contributed by atoms with Crippen LogP contribution in [0.15, 0.2) is 78.9 Å². The molecule has 202 valence electrons. The average Bonchev–Trinajstić information content (AvgIpc) is 2.85. The zero-order chi connectivity index (χ0) is 27.9. The molecule has 0 bridgehead atoms. The summed E-state index contributed by atoms with van der Waals surface area (Å²) >= 11 is 0. The quantitative estimate of drug-likeness (QED) is 0.398. The molecule has 0 aromatic heterocycles. The third-order valence-electron chi connectivity index (χ3n) is 5.80. The van der Waals surface area contributed by atoms with Gasteiger partial charge in [0.2, 0.25) is 21.8 Å². The average molecular weight is 544 g/mol. The maximum absolute atomic E-state index is 14.7. The first-order valence-electron chi connectivity index (χ1n) is 12.1. The van der Waals surface area contributed by atoms with E-state index in [0.717, 1.165) is 22.8 Å². The smallest absolute Gasteiger partial charge is 0.244 e. The number of carbonyl (C=O) groups excluding carboxylic acids is 2. The number of nitrogens with zero attached hydrogens (tertiary/aromatic N) is 2. The monoisotopic (exact) mass is 543 g/mol. The molecule has 2 amide bonds. The van der Waals surface area contributed by atoms with Crippen LogP contribution in [0.1, 0.15) is 25.0 Å². The third-order valence-corrected chi connectivity index (χ3v) is 6.93. The fourth-order valence-corrected chi connectivity index (χ4v) is 4.84. The van der Waals surface area contributed by atoms with E-state index in [1.807, 2.05) is 6.07 Å². The number of hydrogen-bond acceptors (Lipinski definition) is 4. The molecule has 3 aromatic rings. The van der Waals surface area contributed by atoms with Gasteiger partial charge in [-0.1, -0.05) is 60.7 Å². The molecule has 38 heavy (non-hydrogen) atoms. The van der Waals surface area contributed by atoms with Gasteiger partial charge in [-0.3, -0.25) is 13.9 Å². The van der Waals surface area contributed by atoms with Crippen molar-refractivity contribution in [2.75, 3.05) is 17.1 Å². The van der Waals surface area contributed by atoms with Gasteiger partial charge in [0.25, 0.3) is 0 Å². The van der Waals surface area contributed by atoms with Gasteiger partial charge in [-0.05, 0) is 37.6 Å². The van der Waals surface area contributed by atoms with Gasteiger partial charge in [-0.25, -0.2) is 17.2 Å². The summed E-state index contributed by atoms with van der Waals surface area (Å²) in [6.45, 7) is 2.45. The van der Waals surface area contributed by atoms with E-state index in [-0.39, 0.29) is 30.3 Å². The van der Waals surface area contributed by atoms with Crippen LogP contribution in [0.5, 0.6) is 0 Å². The molecule has 3 rings (SSSR count). The molecule has 0 unspecified atom stereocenters. The lowest BCUT2D eigenvalue weighted by Crippen LogP contribution is -2.54. The highest BCUT2D eigenvalue weighted by atomic mass is 32.2. The summed E-state index contributed by atoms with van der Waals surface area (Å²) in [6, 6.07) is 18.6. The van der Waals surface area contributed by atoms with Crippen molar-refractivity contribution in [3.05, 3.63) is 102 Å². The topological polar surface area (TPSA) is 86.8 Å². The Morgan fingerprint density at radius 2 is 1.45 bits per heavy atom. The highest BCUT2D eigenvalue weighted by Gasteiger charge is 2.34. The van der Waals surface area contributed by atoms with Crippen LogP contribution in [0, 0.1) is 11.6 Å². The van der Waals surface area contributed by atoms with Crippen molar-refractivity contribution >= 4 is 27.5 Å². The summed E-state index contributed by atoms with van der Waals surface area (Å²) in [6.07, 6.45) is 0.957. The fourth-order valence-electron chi connectivity index (χ4n) is 3.99. The summed E-state index contributed by atoms with van der Waals surface area (Å²) in [5, 5.41) is 2.80. The van der Waals surface area contributed by atoms with Gasteiger partial charge >= 0.3 is 0 Å². The molecule has 0 fully saturated rings. The van der Waals surface area contributed by atoms with Crippen LogP contribution in [0.25, 0.3) is 0 Å². The molecule has 0 saturated heterocycles. The molecule has 0 radical (unpaired) electrons. The summed E-state index contributed by atoms with van der Waals surface area (Å²) in [4.78, 5) is 28.4. The first-order valence-corrected chi connectivity index (χ1v) is 13.9. The number of amides is 2. The van der Waals surface area contributed by atoms with E-state index in [1.165, 1.54) is 36.4 Å². The number of benzene rings is 3. The van der Waals surface area contributed by atoms with Crippen LogP contribution in [-0.2, 0) is 32.6 Å². The Kier molecular flexibility index (Phi) is 9.57. The molecule has 1 atom stereocenters. The van der Waals surface area contributed by atoms with Gasteiger partial charge in [0.1, 0.15) is 24.2 Å². The van der Waals surface area contributed by atoms with Gasteiger partial charge in [0.05, 0.1) is 11.9 Å². The minimum absolute atomic E-state index is 0.0954. The van der Waals surface area contributed by atoms with E-state index in [0.29, 0.717) is 4.31 Å². The van der Waals surface area contributed by atoms with E-state index in [1.54, 1.807) is 44.2 Å². The zero-order valence-electron chi connectivity index (χ0n) is 21.5. The largest absolute Gasteiger partial charge is 0.352 e. The number of carbonyl (C=O) groups is 2. The lowest BCUT2D eigenvalue weighted by Gasteiger charge is -2.34. The van der Waals surface area contributed by atoms with Crippen molar-refractivity contribution in [3.63, 3.8) is 0 Å². The Morgan fingerprint density at radius 3 is 2.03 bits per heavy atom. The third kappa shape index (κ3) is 7.61. The molecule has 0 heterocycles. The maximum Gasteiger partial charge on any atom is 0.244 e. The predicted molar refractivity (Wildman–Crippen MR) is 143 cm³/mol. The van der Waals surface area contributed by atoms with E-state index in [4.69, 9.17) is 0 Å². The number of anilines is 1. The van der Waals surface area contributed by atoms with Crippen molar-refractivity contribution in [2.45, 2.75) is 38.9 Å². The summed E-state index contributed by atoms with van der Waals surface area (Å²) < 4.78 is 55.2. The van der Waals surface area contributed by atoms with Crippen LogP contribution in [0.4, 0.5) is 14.5 Å². The van der Waals surface area contributed by atoms with Crippen LogP contribution in [-0.4, -0.2) is 50.0 Å². The molecule has 0 aliphatic heterocycles. The van der Waals surface area contributed by atoms with Gasteiger partial charge < -0.3 is 10.2 Å². The molecular weight excluding hydrogens is 512 g/mol. The van der Waals surface area contributed by atoms with Crippen molar-refractivity contribution in [1.29, 1.82) is 0 Å². The Bertz CT molecular complexity index is 1370. The van der Waals surface area contributed by atoms with E-state index in [9.17, 15) is 26.8 Å². The second kappa shape index (κ2) is 12.6. The SMILES string of the molecule is CC(C)NC(=O)[C@@H](Cc1ccccc1)N(Cc1ccccc1F)C(=O)CN(c1ccccc1F)S(C)(=O)=O. The predicted octanol–water partition coefficient (Wildman–Crippen LogP) is 3.90. The summed E-state index contributed by atoms with van der Waals surface area (Å²) in [5.74, 6) is -2.68. The van der Waals surface area contributed by atoms with E-state index < -0.39 is 46.1 Å². The van der Waals surface area contributed by atoms with Gasteiger partial charge in [-0.15, -0.1) is 0 Å². The van der Waals surface area contributed by atoms with Gasteiger partial charge in [0, 0.05) is 24.6 Å². The Hall–Kier alpha value is -3.79. The summed E-state index contributed by atoms with van der Waals surface area (Å²) in [5.41, 5.74) is 0.588. The van der Waals surface area contributed by atoms with Crippen LogP contribution in [0.3, 0.4) is 0 Å². The molecule has 0 spiro atoms. The highest BCUT2D eigenvalue weighted by Crippen LogP contribution is 2.23.